The molecule has 1 aliphatic heterocycles. The molecule has 1 aliphatic rings. The van der Waals surface area contributed by atoms with Crippen LogP contribution in [-0.2, 0) is 16.1 Å². The zero-order valence-electron chi connectivity index (χ0n) is 10.4. The standard InChI is InChI=1S/C13H16N2O4/c16-12(17)11(9-10-5-2-1-3-6-10)14-19-13(18)15-7-4-8-15/h1-3,5-6,11,14H,4,7-9H2,(H,16,17)/t11-/m0/s1. The number of carbonyl (C=O) groups excluding carboxylic acids is 1. The number of benzene rings is 1. The average molecular weight is 264 g/mol. The summed E-state index contributed by atoms with van der Waals surface area (Å²) in [5.74, 6) is -1.06. The van der Waals surface area contributed by atoms with Gasteiger partial charge in [-0.1, -0.05) is 30.3 Å². The van der Waals surface area contributed by atoms with E-state index in [0.29, 0.717) is 13.1 Å². The van der Waals surface area contributed by atoms with Crippen LogP contribution < -0.4 is 5.48 Å². The molecule has 0 spiro atoms. The molecule has 6 nitrogen and oxygen atoms in total. The molecule has 1 amide bonds. The zero-order valence-corrected chi connectivity index (χ0v) is 10.4. The van der Waals surface area contributed by atoms with Crippen LogP contribution in [0.1, 0.15) is 12.0 Å². The molecule has 0 aromatic heterocycles. The molecule has 2 N–H and O–H groups in total. The molecule has 102 valence electrons. The van der Waals surface area contributed by atoms with E-state index in [2.05, 4.69) is 5.48 Å². The molecule has 6 heteroatoms. The predicted molar refractivity (Wildman–Crippen MR) is 67.4 cm³/mol. The van der Waals surface area contributed by atoms with E-state index < -0.39 is 18.1 Å². The minimum atomic E-state index is -1.06. The lowest BCUT2D eigenvalue weighted by Gasteiger charge is -2.29. The van der Waals surface area contributed by atoms with Crippen molar-refractivity contribution >= 4 is 12.1 Å². The Morgan fingerprint density at radius 2 is 2.00 bits per heavy atom. The lowest BCUT2D eigenvalue weighted by molar-refractivity contribution is -0.142. The maximum absolute atomic E-state index is 11.5. The summed E-state index contributed by atoms with van der Waals surface area (Å²) in [6, 6.07) is 8.23. The molecule has 1 atom stereocenters. The quantitative estimate of drug-likeness (QED) is 0.776. The van der Waals surface area contributed by atoms with Gasteiger partial charge in [0.25, 0.3) is 0 Å². The van der Waals surface area contributed by atoms with Crippen molar-refractivity contribution in [3.63, 3.8) is 0 Å². The highest BCUT2D eigenvalue weighted by atomic mass is 16.7. The van der Waals surface area contributed by atoms with Crippen molar-refractivity contribution in [1.29, 1.82) is 0 Å². The van der Waals surface area contributed by atoms with E-state index in [0.717, 1.165) is 12.0 Å². The second-order valence-corrected chi connectivity index (χ2v) is 4.41. The van der Waals surface area contributed by atoms with E-state index in [1.54, 1.807) is 0 Å². The number of rotatable bonds is 5. The first-order valence-corrected chi connectivity index (χ1v) is 6.15. The molecule has 0 unspecified atom stereocenters. The highest BCUT2D eigenvalue weighted by Crippen LogP contribution is 2.08. The number of aliphatic carboxylic acids is 1. The van der Waals surface area contributed by atoms with Gasteiger partial charge in [0.1, 0.15) is 6.04 Å². The smallest absolute Gasteiger partial charge is 0.428 e. The number of hydrogen-bond acceptors (Lipinski definition) is 4. The van der Waals surface area contributed by atoms with Gasteiger partial charge in [0.15, 0.2) is 0 Å². The third-order valence-corrected chi connectivity index (χ3v) is 2.98. The van der Waals surface area contributed by atoms with Crippen LogP contribution in [0.2, 0.25) is 0 Å². The molecule has 19 heavy (non-hydrogen) atoms. The van der Waals surface area contributed by atoms with Crippen molar-refractivity contribution in [2.45, 2.75) is 18.9 Å². The minimum absolute atomic E-state index is 0.253. The topological polar surface area (TPSA) is 78.9 Å². The van der Waals surface area contributed by atoms with Gasteiger partial charge in [-0.05, 0) is 12.0 Å². The number of likely N-dealkylation sites (tertiary alicyclic amines) is 1. The van der Waals surface area contributed by atoms with Crippen molar-refractivity contribution in [3.8, 4) is 0 Å². The maximum Gasteiger partial charge on any atom is 0.428 e. The Morgan fingerprint density at radius 3 is 2.53 bits per heavy atom. The van der Waals surface area contributed by atoms with Crippen LogP contribution in [0, 0.1) is 0 Å². The molecule has 1 aromatic rings. The van der Waals surface area contributed by atoms with Crippen molar-refractivity contribution < 1.29 is 19.5 Å². The summed E-state index contributed by atoms with van der Waals surface area (Å²) in [4.78, 5) is 28.9. The maximum atomic E-state index is 11.5. The second kappa shape index (κ2) is 6.19. The fourth-order valence-electron chi connectivity index (χ4n) is 1.71. The van der Waals surface area contributed by atoms with Crippen molar-refractivity contribution in [2.24, 2.45) is 0 Å². The van der Waals surface area contributed by atoms with E-state index in [1.807, 2.05) is 30.3 Å². The Bertz CT molecular complexity index is 445. The SMILES string of the molecule is O=C(O)[C@H](Cc1ccccc1)NOC(=O)N1CCC1. The van der Waals surface area contributed by atoms with Crippen LogP contribution in [-0.4, -0.2) is 41.2 Å². The summed E-state index contributed by atoms with van der Waals surface area (Å²) in [5, 5.41) is 9.09. The van der Waals surface area contributed by atoms with Gasteiger partial charge in [0.05, 0.1) is 0 Å². The van der Waals surface area contributed by atoms with Crippen LogP contribution in [0.25, 0.3) is 0 Å². The molecular weight excluding hydrogens is 248 g/mol. The van der Waals surface area contributed by atoms with Crippen molar-refractivity contribution in [2.75, 3.05) is 13.1 Å². The second-order valence-electron chi connectivity index (χ2n) is 4.41. The molecule has 1 saturated heterocycles. The Labute approximate surface area is 110 Å². The Kier molecular flexibility index (Phi) is 4.35. The number of carboxylic acids is 1. The van der Waals surface area contributed by atoms with Crippen LogP contribution in [0.3, 0.4) is 0 Å². The fraction of sp³-hybridized carbons (Fsp3) is 0.385. The Hall–Kier alpha value is -2.08. The number of nitrogens with one attached hydrogen (secondary N) is 1. The summed E-state index contributed by atoms with van der Waals surface area (Å²) in [5.41, 5.74) is 3.19. The van der Waals surface area contributed by atoms with Crippen molar-refractivity contribution in [1.82, 2.24) is 10.4 Å². The first kappa shape index (κ1) is 13.4. The van der Waals surface area contributed by atoms with Crippen LogP contribution in [0.5, 0.6) is 0 Å². The van der Waals surface area contributed by atoms with Crippen molar-refractivity contribution in [3.05, 3.63) is 35.9 Å². The normalized spacial score (nSPS) is 15.5. The highest BCUT2D eigenvalue weighted by molar-refractivity contribution is 5.74. The summed E-state index contributed by atoms with van der Waals surface area (Å²) in [6.45, 7) is 1.33. The van der Waals surface area contributed by atoms with Gasteiger partial charge in [-0.15, -0.1) is 5.48 Å². The monoisotopic (exact) mass is 264 g/mol. The molecule has 0 saturated carbocycles. The number of carbonyl (C=O) groups is 2. The van der Waals surface area contributed by atoms with Gasteiger partial charge in [-0.3, -0.25) is 4.79 Å². The van der Waals surface area contributed by atoms with Crippen LogP contribution in [0.4, 0.5) is 4.79 Å². The third-order valence-electron chi connectivity index (χ3n) is 2.98. The van der Waals surface area contributed by atoms with Crippen LogP contribution in [0.15, 0.2) is 30.3 Å². The minimum Gasteiger partial charge on any atom is -0.480 e. The van der Waals surface area contributed by atoms with E-state index >= 15 is 0 Å². The average Bonchev–Trinajstić information content (AvgIpc) is 2.33. The summed E-state index contributed by atoms with van der Waals surface area (Å²) >= 11 is 0. The molecule has 0 aliphatic carbocycles. The Morgan fingerprint density at radius 1 is 1.32 bits per heavy atom. The Balaban J connectivity index is 1.85. The fourth-order valence-corrected chi connectivity index (χ4v) is 1.71. The molecule has 1 aromatic carbocycles. The lowest BCUT2D eigenvalue weighted by Crippen LogP contribution is -2.47. The van der Waals surface area contributed by atoms with Crippen LogP contribution >= 0.6 is 0 Å². The summed E-state index contributed by atoms with van der Waals surface area (Å²) in [6.07, 6.45) is 0.691. The molecule has 1 heterocycles. The third kappa shape index (κ3) is 3.69. The number of hydrogen-bond donors (Lipinski definition) is 2. The van der Waals surface area contributed by atoms with E-state index in [1.165, 1.54) is 4.90 Å². The number of carboxylic acid groups (broad SMARTS) is 1. The molecule has 0 radical (unpaired) electrons. The van der Waals surface area contributed by atoms with Gasteiger partial charge in [-0.25, -0.2) is 4.79 Å². The molecule has 0 bridgehead atoms. The summed E-state index contributed by atoms with van der Waals surface area (Å²) < 4.78 is 0. The molecular formula is C13H16N2O4. The number of hydroxylamine groups is 1. The first-order chi connectivity index (χ1) is 9.16. The molecule has 1 fully saturated rings. The number of nitrogens with zero attached hydrogens (tertiary/aromatic N) is 1. The largest absolute Gasteiger partial charge is 0.480 e. The zero-order chi connectivity index (χ0) is 13.7. The number of amides is 1. The van der Waals surface area contributed by atoms with E-state index in [9.17, 15) is 9.59 Å². The lowest BCUT2D eigenvalue weighted by atomic mass is 10.1. The van der Waals surface area contributed by atoms with E-state index in [-0.39, 0.29) is 6.42 Å². The van der Waals surface area contributed by atoms with Gasteiger partial charge in [0.2, 0.25) is 0 Å². The predicted octanol–water partition coefficient (Wildman–Crippen LogP) is 1.03. The first-order valence-electron chi connectivity index (χ1n) is 6.15. The van der Waals surface area contributed by atoms with Gasteiger partial charge >= 0.3 is 12.1 Å². The van der Waals surface area contributed by atoms with Gasteiger partial charge < -0.3 is 14.8 Å². The van der Waals surface area contributed by atoms with E-state index in [4.69, 9.17) is 9.94 Å². The highest BCUT2D eigenvalue weighted by Gasteiger charge is 2.25. The van der Waals surface area contributed by atoms with Gasteiger partial charge in [-0.2, -0.15) is 0 Å². The van der Waals surface area contributed by atoms with Gasteiger partial charge in [0, 0.05) is 19.5 Å². The summed E-state index contributed by atoms with van der Waals surface area (Å²) in [7, 11) is 0. The molecule has 2 rings (SSSR count).